The predicted octanol–water partition coefficient (Wildman–Crippen LogP) is 8.08. The first kappa shape index (κ1) is 75.8. The zero-order valence-corrected chi connectivity index (χ0v) is 60.5. The number of fused-ring (bicyclic) bond motifs is 6. The highest BCUT2D eigenvalue weighted by Gasteiger charge is 2.33. The van der Waals surface area contributed by atoms with Gasteiger partial charge in [-0.25, -0.2) is 19.6 Å². The summed E-state index contributed by atoms with van der Waals surface area (Å²) in [6.45, 7) is -0.0446. The Morgan fingerprint density at radius 3 is 1.12 bits per heavy atom. The second-order valence-corrected chi connectivity index (χ2v) is 28.7. The average Bonchev–Trinajstić information content (AvgIpc) is 1.62. The van der Waals surface area contributed by atoms with Gasteiger partial charge in [0.2, 0.25) is 35.4 Å². The molecule has 26 nitrogen and oxygen atoms in total. The van der Waals surface area contributed by atoms with Crippen molar-refractivity contribution in [2.45, 2.75) is 80.9 Å². The van der Waals surface area contributed by atoms with E-state index in [1.807, 2.05) is 97.1 Å². The van der Waals surface area contributed by atoms with Crippen molar-refractivity contribution in [2.75, 3.05) is 50.0 Å². The topological polar surface area (TPSA) is 410 Å². The molecule has 0 aliphatic heterocycles. The van der Waals surface area contributed by atoms with E-state index in [1.54, 1.807) is 60.9 Å². The monoisotopic (exact) mass is 1510 g/mol. The van der Waals surface area contributed by atoms with Crippen molar-refractivity contribution in [1.82, 2.24) is 41.9 Å². The largest absolute Gasteiger partial charge is 0.508 e. The van der Waals surface area contributed by atoms with Crippen LogP contribution < -0.4 is 54.0 Å². The molecule has 16 N–H and O–H groups in total. The zero-order chi connectivity index (χ0) is 76.5. The normalized spacial score (nSPS) is 13.0. The van der Waals surface area contributed by atoms with E-state index in [4.69, 9.17) is 20.9 Å². The highest BCUT2D eigenvalue weighted by atomic mass is 32.1. The number of thiazole rings is 2. The predicted molar refractivity (Wildman–Crippen MR) is 411 cm³/mol. The second-order valence-electron chi connectivity index (χ2n) is 26.4. The summed E-state index contributed by atoms with van der Waals surface area (Å²) >= 11 is 2.79. The molecule has 4 atom stereocenters. The fourth-order valence-corrected chi connectivity index (χ4v) is 15.0. The molecule has 560 valence electrons. The molecule has 0 spiro atoms. The Morgan fingerprint density at radius 1 is 0.422 bits per heavy atom. The van der Waals surface area contributed by atoms with Crippen LogP contribution in [-0.4, -0.2) is 142 Å². The van der Waals surface area contributed by atoms with Gasteiger partial charge in [0.1, 0.15) is 60.4 Å². The molecule has 109 heavy (non-hydrogen) atoms. The Kier molecular flexibility index (Phi) is 24.7. The van der Waals surface area contributed by atoms with Crippen molar-refractivity contribution in [3.8, 4) is 45.3 Å². The Labute approximate surface area is 634 Å². The maximum absolute atomic E-state index is 13.7. The van der Waals surface area contributed by atoms with E-state index in [9.17, 15) is 58.8 Å². The van der Waals surface area contributed by atoms with Crippen molar-refractivity contribution in [3.63, 3.8) is 0 Å². The summed E-state index contributed by atoms with van der Waals surface area (Å²) in [6, 6.07) is 48.5. The smallest absolute Gasteiger partial charge is 0.407 e. The van der Waals surface area contributed by atoms with Crippen molar-refractivity contribution in [3.05, 3.63) is 260 Å². The molecule has 2 aliphatic rings. The number of aromatic hydroxyl groups is 4. The van der Waals surface area contributed by atoms with Crippen LogP contribution in [0.5, 0.6) is 23.0 Å². The third kappa shape index (κ3) is 20.0. The van der Waals surface area contributed by atoms with Gasteiger partial charge in [0.25, 0.3) is 0 Å². The van der Waals surface area contributed by atoms with Gasteiger partial charge in [-0.15, -0.1) is 22.7 Å². The molecule has 2 aliphatic carbocycles. The number of phenolic OH excluding ortho intramolecular Hbond substituents is 4. The number of rotatable bonds is 34. The van der Waals surface area contributed by atoms with E-state index in [-0.39, 0.29) is 73.7 Å². The minimum atomic E-state index is -1.21. The molecular weight excluding hydrogens is 1430 g/mol. The Morgan fingerprint density at radius 2 is 0.761 bits per heavy atom. The highest BCUT2D eigenvalue weighted by Crippen LogP contribution is 2.46. The van der Waals surface area contributed by atoms with Gasteiger partial charge in [-0.3, -0.25) is 28.8 Å². The summed E-state index contributed by atoms with van der Waals surface area (Å²) in [4.78, 5) is 117. The number of benzene rings is 8. The lowest BCUT2D eigenvalue weighted by molar-refractivity contribution is -0.129. The molecule has 2 heterocycles. The summed E-state index contributed by atoms with van der Waals surface area (Å²) in [7, 11) is 0. The van der Waals surface area contributed by atoms with E-state index in [2.05, 4.69) is 52.5 Å². The number of anilines is 2. The first-order chi connectivity index (χ1) is 52.7. The van der Waals surface area contributed by atoms with Gasteiger partial charge in [-0.2, -0.15) is 0 Å². The first-order valence-electron chi connectivity index (χ1n) is 35.2. The minimum Gasteiger partial charge on any atom is -0.508 e. The Hall–Kier alpha value is -12.8. The fourth-order valence-electron chi connectivity index (χ4n) is 13.3. The maximum Gasteiger partial charge on any atom is 0.407 e. The number of amides is 8. The van der Waals surface area contributed by atoms with Gasteiger partial charge in [-0.1, -0.05) is 146 Å². The summed E-state index contributed by atoms with van der Waals surface area (Å²) in [5.74, 6) is -5.00. The lowest BCUT2D eigenvalue weighted by Crippen LogP contribution is -2.52. The molecule has 0 bridgehead atoms. The Bertz CT molecular complexity index is 4580. The van der Waals surface area contributed by atoms with E-state index in [1.165, 1.54) is 59.1 Å². The van der Waals surface area contributed by atoms with Crippen LogP contribution in [0.2, 0.25) is 0 Å². The van der Waals surface area contributed by atoms with E-state index in [0.29, 0.717) is 76.0 Å². The number of alkyl carbamates (subject to hydrolysis) is 2. The molecule has 0 radical (unpaired) electrons. The number of hydrogen-bond acceptors (Lipinski definition) is 20. The summed E-state index contributed by atoms with van der Waals surface area (Å²) in [5, 5.41) is 65.1. The zero-order valence-electron chi connectivity index (χ0n) is 58.9. The lowest BCUT2D eigenvalue weighted by Gasteiger charge is -2.21. The number of carbonyl (C=O) groups excluding carboxylic acids is 8. The van der Waals surface area contributed by atoms with Crippen molar-refractivity contribution in [1.29, 1.82) is 0 Å². The van der Waals surface area contributed by atoms with E-state index >= 15 is 0 Å². The van der Waals surface area contributed by atoms with Gasteiger partial charge in [-0.05, 0) is 121 Å². The van der Waals surface area contributed by atoms with Crippen molar-refractivity contribution in [2.24, 2.45) is 11.5 Å². The van der Waals surface area contributed by atoms with Gasteiger partial charge in [0, 0.05) is 85.6 Å². The quantitative estimate of drug-likeness (QED) is 0.0169. The van der Waals surface area contributed by atoms with Crippen LogP contribution in [0.1, 0.15) is 83.6 Å². The second kappa shape index (κ2) is 35.5. The van der Waals surface area contributed by atoms with Crippen LogP contribution in [-0.2, 0) is 76.8 Å². The molecule has 0 saturated heterocycles. The number of aromatic nitrogens is 2. The standard InChI is InChI=1S/C81H80N12O14S2/c82-74(100)66(90-72(98)42-86-76(102)68(34-46-18-24-52(94)25-19-46)92-80(104)106-44-64-60-14-5-1-10-56(60)57-11-2-6-15-61(57)64)36-48-22-28-70(96)50(32-48)38-54-40-88-78(108-54)84-30-9-31-85-79-89-41-55(109-79)39-51-33-49(23-29-71(51)97)37-67(75(83)101)91-73(99)43-87-77(103)69(35-47-20-26-53(95)27-21-47)93-81(105)107-45-65-62-16-7-3-12-58(62)59-13-4-8-17-63(59)65/h1-8,10-29,32-33,40-41,64-69,94-97H,9,30-31,34-39,42-45H2,(H2,82,100)(H2,83,101)(H,84,88)(H,85,89)(H,86,102)(H,87,103)(H,90,98)(H,91,99)(H,92,104)(H,93,105)/t66-,67-,68-,69-/m0/s1. The molecule has 8 aromatic carbocycles. The van der Waals surface area contributed by atoms with Crippen LogP contribution in [0, 0.1) is 0 Å². The SMILES string of the molecule is NC(=O)[C@H](Cc1ccc(O)c(Cc2cnc(NCCCNc3ncc(Cc4cc(C[C@H](NC(=O)CNC(=O)[C@H](Cc5ccc(O)cc5)NC(=O)OCC5c6ccccc6-c6ccccc65)C(N)=O)ccc4O)s3)s2)c1)NC(=O)CNC(=O)[C@H](Cc1ccc(O)cc1)NC(=O)OCC1c2ccccc2-c2ccccc21. The fraction of sp³-hybridized carbons (Fsp3) is 0.235. The minimum absolute atomic E-state index is 0.000899. The summed E-state index contributed by atoms with van der Waals surface area (Å²) in [5.41, 5.74) is 23.2. The number of phenols is 4. The first-order valence-corrected chi connectivity index (χ1v) is 36.9. The molecule has 2 aromatic heterocycles. The number of nitrogens with one attached hydrogen (secondary N) is 8. The van der Waals surface area contributed by atoms with Gasteiger partial charge >= 0.3 is 12.2 Å². The Balaban J connectivity index is 0.564. The third-order valence-electron chi connectivity index (χ3n) is 18.8. The van der Waals surface area contributed by atoms with Crippen LogP contribution in [0.3, 0.4) is 0 Å². The van der Waals surface area contributed by atoms with Crippen molar-refractivity contribution >= 4 is 80.6 Å². The van der Waals surface area contributed by atoms with Gasteiger partial charge < -0.3 is 83.9 Å². The van der Waals surface area contributed by atoms with E-state index < -0.39 is 84.9 Å². The number of nitrogens with zero attached hydrogens (tertiary/aromatic N) is 2. The van der Waals surface area contributed by atoms with Crippen LogP contribution in [0.25, 0.3) is 22.3 Å². The molecule has 12 rings (SSSR count). The number of hydrogen-bond donors (Lipinski definition) is 14. The summed E-state index contributed by atoms with van der Waals surface area (Å²) in [6.07, 6.45) is 2.84. The molecule has 0 saturated carbocycles. The van der Waals surface area contributed by atoms with E-state index in [0.717, 1.165) is 54.3 Å². The number of nitrogens with two attached hydrogens (primary N) is 2. The number of ether oxygens (including phenoxy) is 2. The molecule has 0 unspecified atom stereocenters. The molecule has 0 fully saturated rings. The van der Waals surface area contributed by atoms with Gasteiger partial charge in [0.05, 0.1) is 13.1 Å². The highest BCUT2D eigenvalue weighted by molar-refractivity contribution is 7.15. The average molecular weight is 1510 g/mol. The third-order valence-corrected chi connectivity index (χ3v) is 20.7. The summed E-state index contributed by atoms with van der Waals surface area (Å²) < 4.78 is 11.5. The molecule has 10 aromatic rings. The van der Waals surface area contributed by atoms with Crippen molar-refractivity contribution < 1.29 is 68.3 Å². The molecule has 28 heteroatoms. The van der Waals surface area contributed by atoms with Crippen LogP contribution >= 0.6 is 22.7 Å². The maximum atomic E-state index is 13.7. The molecule has 8 amide bonds. The lowest BCUT2D eigenvalue weighted by atomic mass is 9.98. The van der Waals surface area contributed by atoms with Crippen LogP contribution in [0.15, 0.2) is 194 Å². The number of carbonyl (C=O) groups is 8. The van der Waals surface area contributed by atoms with Gasteiger partial charge in [0.15, 0.2) is 10.3 Å². The van der Waals surface area contributed by atoms with Crippen LogP contribution in [0.4, 0.5) is 19.9 Å². The number of primary amides is 2. The molecular formula is C81H80N12O14S2.